The monoisotopic (exact) mass is 581 g/mol. The molecule has 1 aliphatic heterocycles. The fraction of sp³-hybridized carbons (Fsp3) is 0.167. The van der Waals surface area contributed by atoms with Crippen LogP contribution in [-0.2, 0) is 21.2 Å². The van der Waals surface area contributed by atoms with Gasteiger partial charge in [-0.3, -0.25) is 9.78 Å². The molecule has 0 spiro atoms. The van der Waals surface area contributed by atoms with Crippen molar-refractivity contribution in [2.75, 3.05) is 15.5 Å². The number of pyridine rings is 1. The van der Waals surface area contributed by atoms with Gasteiger partial charge in [-0.2, -0.15) is 13.2 Å². The van der Waals surface area contributed by atoms with Crippen LogP contribution >= 0.6 is 11.6 Å². The highest BCUT2D eigenvalue weighted by atomic mass is 35.5. The van der Waals surface area contributed by atoms with Gasteiger partial charge in [0.05, 0.1) is 29.0 Å². The maximum Gasteiger partial charge on any atom is 0.501 e. The Bertz CT molecular complexity index is 1530. The van der Waals surface area contributed by atoms with Crippen molar-refractivity contribution in [2.45, 2.75) is 29.9 Å². The minimum atomic E-state index is -5.59. The molecule has 39 heavy (non-hydrogen) atoms. The number of hydrogen-bond acceptors (Lipinski definition) is 6. The van der Waals surface area contributed by atoms with Crippen LogP contribution in [-0.4, -0.2) is 47.8 Å². The quantitative estimate of drug-likeness (QED) is 0.393. The topological polar surface area (TPSA) is 129 Å². The zero-order valence-electron chi connectivity index (χ0n) is 19.9. The molecule has 1 aromatic heterocycles. The van der Waals surface area contributed by atoms with Crippen LogP contribution in [0.2, 0.25) is 5.02 Å². The minimum Gasteiger partial charge on any atom is -0.308 e. The molecule has 2 N–H and O–H groups in total. The molecular weight excluding hydrogens is 563 g/mol. The number of carbonyl (C=O) groups excluding carboxylic acids is 3. The highest BCUT2D eigenvalue weighted by Crippen LogP contribution is 2.33. The molecule has 10 nitrogen and oxygen atoms in total. The highest BCUT2D eigenvalue weighted by molar-refractivity contribution is 7.92. The van der Waals surface area contributed by atoms with Gasteiger partial charge in [-0.05, 0) is 67.1 Å². The number of carbonyl (C=O) groups is 3. The summed E-state index contributed by atoms with van der Waals surface area (Å²) < 4.78 is 61.8. The van der Waals surface area contributed by atoms with Crippen LogP contribution in [0.1, 0.15) is 12.5 Å². The maximum atomic E-state index is 13.2. The Morgan fingerprint density at radius 3 is 2.28 bits per heavy atom. The standard InChI is InChI=1S/C24H19ClF3N5O5S/c1-14-21(34)33(18-6-8-19(9-7-18)39(37,38)24(26,27)28)23(36)32(14)13-15-10-11-29-12-20(15)31-22(35)30-17-4-2-16(25)3-5-17/h2-12,14H,13H2,1H3,(H2,30,31,35). The number of rotatable bonds is 6. The van der Waals surface area contributed by atoms with E-state index in [9.17, 15) is 36.0 Å². The molecule has 3 aromatic rings. The van der Waals surface area contributed by atoms with Crippen molar-refractivity contribution < 1.29 is 36.0 Å². The van der Waals surface area contributed by atoms with Gasteiger partial charge >= 0.3 is 17.6 Å². The zero-order valence-corrected chi connectivity index (χ0v) is 21.5. The molecule has 4 rings (SSSR count). The van der Waals surface area contributed by atoms with E-state index in [1.807, 2.05) is 0 Å². The Labute approximate surface area is 225 Å². The van der Waals surface area contributed by atoms with Crippen molar-refractivity contribution in [3.63, 3.8) is 0 Å². The first kappa shape index (κ1) is 27.9. The smallest absolute Gasteiger partial charge is 0.308 e. The summed E-state index contributed by atoms with van der Waals surface area (Å²) in [4.78, 5) is 43.5. The molecule has 0 aliphatic carbocycles. The second-order valence-electron chi connectivity index (χ2n) is 8.32. The van der Waals surface area contributed by atoms with Gasteiger partial charge < -0.3 is 15.5 Å². The van der Waals surface area contributed by atoms with E-state index in [1.165, 1.54) is 24.2 Å². The van der Waals surface area contributed by atoms with Crippen molar-refractivity contribution >= 4 is 56.5 Å². The van der Waals surface area contributed by atoms with Crippen LogP contribution in [0.3, 0.4) is 0 Å². The first-order chi connectivity index (χ1) is 18.3. The number of imide groups is 1. The predicted octanol–water partition coefficient (Wildman–Crippen LogP) is 5.03. The third-order valence-electron chi connectivity index (χ3n) is 5.79. The SMILES string of the molecule is CC1C(=O)N(c2ccc(S(=O)(=O)C(F)(F)F)cc2)C(=O)N1Cc1ccncc1NC(=O)Nc1ccc(Cl)cc1. The molecule has 1 aliphatic rings. The second-order valence-corrected chi connectivity index (χ2v) is 10.7. The van der Waals surface area contributed by atoms with E-state index >= 15 is 0 Å². The van der Waals surface area contributed by atoms with Crippen LogP contribution in [0, 0.1) is 0 Å². The molecule has 2 aromatic carbocycles. The molecule has 0 bridgehead atoms. The average Bonchev–Trinajstić information content (AvgIpc) is 3.09. The lowest BCUT2D eigenvalue weighted by atomic mass is 10.2. The first-order valence-corrected chi connectivity index (χ1v) is 13.0. The number of nitrogens with zero attached hydrogens (tertiary/aromatic N) is 3. The molecule has 1 fully saturated rings. The average molecular weight is 582 g/mol. The summed E-state index contributed by atoms with van der Waals surface area (Å²) in [7, 11) is -5.59. The summed E-state index contributed by atoms with van der Waals surface area (Å²) in [6.45, 7) is 1.34. The molecule has 0 saturated carbocycles. The highest BCUT2D eigenvalue weighted by Gasteiger charge is 2.47. The largest absolute Gasteiger partial charge is 0.501 e. The molecular formula is C24H19ClF3N5O5S. The van der Waals surface area contributed by atoms with E-state index in [4.69, 9.17) is 11.6 Å². The molecule has 204 valence electrons. The Morgan fingerprint density at radius 2 is 1.67 bits per heavy atom. The summed E-state index contributed by atoms with van der Waals surface area (Å²) in [5, 5.41) is 5.75. The van der Waals surface area contributed by atoms with Gasteiger partial charge in [-0.1, -0.05) is 11.6 Å². The van der Waals surface area contributed by atoms with Crippen molar-refractivity contribution in [2.24, 2.45) is 0 Å². The number of sulfone groups is 1. The van der Waals surface area contributed by atoms with E-state index in [-0.39, 0.29) is 17.9 Å². The number of nitrogens with one attached hydrogen (secondary N) is 2. The molecule has 15 heteroatoms. The molecule has 5 amide bonds. The van der Waals surface area contributed by atoms with E-state index in [2.05, 4.69) is 15.6 Å². The van der Waals surface area contributed by atoms with Gasteiger partial charge in [-0.15, -0.1) is 0 Å². The Kier molecular flexibility index (Phi) is 7.52. The second kappa shape index (κ2) is 10.5. The van der Waals surface area contributed by atoms with E-state index in [1.54, 1.807) is 30.3 Å². The molecule has 1 unspecified atom stereocenters. The third kappa shape index (κ3) is 5.66. The lowest BCUT2D eigenvalue weighted by Crippen LogP contribution is -2.34. The summed E-state index contributed by atoms with van der Waals surface area (Å²) in [5.41, 5.74) is -4.42. The van der Waals surface area contributed by atoms with Gasteiger partial charge in [0.25, 0.3) is 15.7 Å². The predicted molar refractivity (Wildman–Crippen MR) is 136 cm³/mol. The number of benzene rings is 2. The fourth-order valence-corrected chi connectivity index (χ4v) is 4.62. The van der Waals surface area contributed by atoms with E-state index in [0.29, 0.717) is 28.4 Å². The van der Waals surface area contributed by atoms with Crippen molar-refractivity contribution in [3.05, 3.63) is 77.6 Å². The summed E-state index contributed by atoms with van der Waals surface area (Å²) >= 11 is 5.84. The van der Waals surface area contributed by atoms with Crippen LogP contribution in [0.25, 0.3) is 0 Å². The fourth-order valence-electron chi connectivity index (χ4n) is 3.73. The lowest BCUT2D eigenvalue weighted by Gasteiger charge is -2.21. The molecule has 2 heterocycles. The van der Waals surface area contributed by atoms with Gasteiger partial charge in [-0.25, -0.2) is 22.9 Å². The number of aromatic nitrogens is 1. The summed E-state index contributed by atoms with van der Waals surface area (Å²) in [5.74, 6) is -0.671. The number of urea groups is 2. The normalized spacial score (nSPS) is 16.0. The third-order valence-corrected chi connectivity index (χ3v) is 7.55. The number of anilines is 3. The molecule has 0 radical (unpaired) electrons. The maximum absolute atomic E-state index is 13.2. The molecule has 1 saturated heterocycles. The number of amides is 5. The van der Waals surface area contributed by atoms with Crippen molar-refractivity contribution in [3.8, 4) is 0 Å². The van der Waals surface area contributed by atoms with E-state index < -0.39 is 44.3 Å². The summed E-state index contributed by atoms with van der Waals surface area (Å²) in [6.07, 6.45) is 2.80. The van der Waals surface area contributed by atoms with Gasteiger partial charge in [0.1, 0.15) is 6.04 Å². The van der Waals surface area contributed by atoms with Crippen LogP contribution < -0.4 is 15.5 Å². The first-order valence-electron chi connectivity index (χ1n) is 11.1. The van der Waals surface area contributed by atoms with E-state index in [0.717, 1.165) is 17.0 Å². The minimum absolute atomic E-state index is 0.101. The number of halogens is 4. The van der Waals surface area contributed by atoms with Crippen LogP contribution in [0.4, 0.5) is 39.8 Å². The summed E-state index contributed by atoms with van der Waals surface area (Å²) in [6, 6.07) is 8.83. The Balaban J connectivity index is 1.51. The lowest BCUT2D eigenvalue weighted by molar-refractivity contribution is -0.119. The van der Waals surface area contributed by atoms with Gasteiger partial charge in [0.2, 0.25) is 0 Å². The zero-order chi connectivity index (χ0) is 28.5. The van der Waals surface area contributed by atoms with Crippen LogP contribution in [0.5, 0.6) is 0 Å². The number of hydrogen-bond donors (Lipinski definition) is 2. The van der Waals surface area contributed by atoms with Crippen molar-refractivity contribution in [1.82, 2.24) is 9.88 Å². The van der Waals surface area contributed by atoms with Gasteiger partial charge in [0.15, 0.2) is 0 Å². The Morgan fingerprint density at radius 1 is 1.03 bits per heavy atom. The molecule has 1 atom stereocenters. The van der Waals surface area contributed by atoms with Crippen LogP contribution in [0.15, 0.2) is 71.9 Å². The Hall–Kier alpha value is -4.17. The number of alkyl halides is 3. The van der Waals surface area contributed by atoms with Crippen molar-refractivity contribution in [1.29, 1.82) is 0 Å². The van der Waals surface area contributed by atoms with Gasteiger partial charge in [0, 0.05) is 16.9 Å².